The summed E-state index contributed by atoms with van der Waals surface area (Å²) in [5.74, 6) is 0.971. The standard InChI is InChI=1S/C27H25N5O3S/c1-18(24(33)30(2)17-19-10-5-4-6-11-19)36-27-29-28-26-31(20-12-9-13-21(16-20)35-3)25(34)22-14-7-8-15-23(22)32(26)27/h4-16,18H,17H2,1-3H3. The van der Waals surface area contributed by atoms with E-state index in [1.165, 1.54) is 16.3 Å². The number of benzene rings is 3. The van der Waals surface area contributed by atoms with E-state index in [4.69, 9.17) is 4.74 Å². The van der Waals surface area contributed by atoms with Gasteiger partial charge in [0.25, 0.3) is 5.56 Å². The Balaban J connectivity index is 1.56. The first kappa shape index (κ1) is 23.6. The van der Waals surface area contributed by atoms with Crippen molar-refractivity contribution in [1.82, 2.24) is 24.1 Å². The smallest absolute Gasteiger partial charge is 0.267 e. The summed E-state index contributed by atoms with van der Waals surface area (Å²) in [6.45, 7) is 2.37. The molecule has 0 aliphatic heterocycles. The van der Waals surface area contributed by atoms with Gasteiger partial charge < -0.3 is 9.64 Å². The van der Waals surface area contributed by atoms with Gasteiger partial charge in [-0.1, -0.05) is 60.3 Å². The molecule has 0 saturated heterocycles. The van der Waals surface area contributed by atoms with Crippen LogP contribution in [0, 0.1) is 0 Å². The SMILES string of the molecule is COc1cccc(-n2c(=O)c3ccccc3n3c(SC(C)C(=O)N(C)Cc4ccccc4)nnc23)c1. The largest absolute Gasteiger partial charge is 0.497 e. The number of methoxy groups -OCH3 is 1. The van der Waals surface area contributed by atoms with Crippen LogP contribution in [-0.2, 0) is 11.3 Å². The van der Waals surface area contributed by atoms with E-state index in [1.54, 1.807) is 31.2 Å². The zero-order valence-corrected chi connectivity index (χ0v) is 21.0. The van der Waals surface area contributed by atoms with Crippen molar-refractivity contribution in [2.75, 3.05) is 14.2 Å². The Bertz CT molecular complexity index is 1610. The molecule has 0 aliphatic carbocycles. The van der Waals surface area contributed by atoms with Crippen molar-refractivity contribution in [3.8, 4) is 11.4 Å². The number of ether oxygens (including phenoxy) is 1. The average molecular weight is 500 g/mol. The topological polar surface area (TPSA) is 81.7 Å². The Hall–Kier alpha value is -4.11. The lowest BCUT2D eigenvalue weighted by Crippen LogP contribution is -2.32. The van der Waals surface area contributed by atoms with Gasteiger partial charge in [0, 0.05) is 19.7 Å². The summed E-state index contributed by atoms with van der Waals surface area (Å²) in [5, 5.41) is 9.41. The Morgan fingerprint density at radius 3 is 2.56 bits per heavy atom. The van der Waals surface area contributed by atoms with Gasteiger partial charge in [-0.15, -0.1) is 10.2 Å². The van der Waals surface area contributed by atoms with E-state index < -0.39 is 5.25 Å². The van der Waals surface area contributed by atoms with E-state index in [9.17, 15) is 9.59 Å². The average Bonchev–Trinajstić information content (AvgIpc) is 3.32. The fourth-order valence-corrected chi connectivity index (χ4v) is 5.16. The minimum absolute atomic E-state index is 0.0222. The highest BCUT2D eigenvalue weighted by molar-refractivity contribution is 8.00. The van der Waals surface area contributed by atoms with Gasteiger partial charge in [0.15, 0.2) is 5.16 Å². The van der Waals surface area contributed by atoms with Crippen molar-refractivity contribution in [2.45, 2.75) is 23.9 Å². The molecular weight excluding hydrogens is 474 g/mol. The van der Waals surface area contributed by atoms with Crippen LogP contribution >= 0.6 is 11.8 Å². The molecule has 36 heavy (non-hydrogen) atoms. The Morgan fingerprint density at radius 2 is 1.78 bits per heavy atom. The predicted molar refractivity (Wildman–Crippen MR) is 141 cm³/mol. The molecule has 5 aromatic rings. The number of carbonyl (C=O) groups is 1. The van der Waals surface area contributed by atoms with E-state index >= 15 is 0 Å². The Kier molecular flexibility index (Phi) is 6.47. The lowest BCUT2D eigenvalue weighted by Gasteiger charge is -2.21. The maximum absolute atomic E-state index is 13.5. The van der Waals surface area contributed by atoms with Crippen LogP contribution < -0.4 is 10.3 Å². The maximum Gasteiger partial charge on any atom is 0.267 e. The second kappa shape index (κ2) is 9.87. The summed E-state index contributed by atoms with van der Waals surface area (Å²) in [6.07, 6.45) is 0. The summed E-state index contributed by atoms with van der Waals surface area (Å²) >= 11 is 1.32. The zero-order valence-electron chi connectivity index (χ0n) is 20.2. The first-order valence-electron chi connectivity index (χ1n) is 11.5. The van der Waals surface area contributed by atoms with E-state index in [2.05, 4.69) is 10.2 Å². The summed E-state index contributed by atoms with van der Waals surface area (Å²) in [4.78, 5) is 28.4. The van der Waals surface area contributed by atoms with Crippen LogP contribution in [0.5, 0.6) is 5.75 Å². The summed E-state index contributed by atoms with van der Waals surface area (Å²) in [6, 6.07) is 24.5. The molecule has 2 heterocycles. The molecule has 0 bridgehead atoms. The maximum atomic E-state index is 13.5. The van der Waals surface area contributed by atoms with Crippen molar-refractivity contribution < 1.29 is 9.53 Å². The normalized spacial score (nSPS) is 12.1. The van der Waals surface area contributed by atoms with Crippen LogP contribution in [0.2, 0.25) is 0 Å². The highest BCUT2D eigenvalue weighted by atomic mass is 32.2. The minimum Gasteiger partial charge on any atom is -0.497 e. The van der Waals surface area contributed by atoms with Crippen molar-refractivity contribution in [3.05, 3.63) is 94.8 Å². The molecule has 0 fully saturated rings. The Labute approximate surface area is 212 Å². The monoisotopic (exact) mass is 499 g/mol. The molecule has 0 N–H and O–H groups in total. The second-order valence-electron chi connectivity index (χ2n) is 8.42. The van der Waals surface area contributed by atoms with Crippen LogP contribution in [0.15, 0.2) is 88.8 Å². The predicted octanol–water partition coefficient (Wildman–Crippen LogP) is 4.18. The number of nitrogens with zero attached hydrogens (tertiary/aromatic N) is 5. The molecule has 3 aromatic carbocycles. The third-order valence-corrected chi connectivity index (χ3v) is 7.01. The molecule has 9 heteroatoms. The quantitative estimate of drug-likeness (QED) is 0.313. The van der Waals surface area contributed by atoms with Crippen molar-refractivity contribution in [1.29, 1.82) is 0 Å². The van der Waals surface area contributed by atoms with Crippen molar-refractivity contribution in [2.24, 2.45) is 0 Å². The van der Waals surface area contributed by atoms with Gasteiger partial charge in [-0.3, -0.25) is 14.0 Å². The number of para-hydroxylation sites is 1. The zero-order chi connectivity index (χ0) is 25.2. The number of hydrogen-bond acceptors (Lipinski definition) is 6. The van der Waals surface area contributed by atoms with E-state index in [1.807, 2.05) is 78.1 Å². The summed E-state index contributed by atoms with van der Waals surface area (Å²) in [5.41, 5.74) is 2.15. The molecule has 5 rings (SSSR count). The lowest BCUT2D eigenvalue weighted by molar-refractivity contribution is -0.129. The minimum atomic E-state index is -0.415. The number of hydrogen-bond donors (Lipinski definition) is 0. The van der Waals surface area contributed by atoms with Gasteiger partial charge in [0.1, 0.15) is 5.75 Å². The first-order valence-corrected chi connectivity index (χ1v) is 12.3. The highest BCUT2D eigenvalue weighted by Gasteiger charge is 2.24. The van der Waals surface area contributed by atoms with E-state index in [-0.39, 0.29) is 11.5 Å². The number of amides is 1. The Morgan fingerprint density at radius 1 is 1.03 bits per heavy atom. The van der Waals surface area contributed by atoms with Crippen molar-refractivity contribution in [3.63, 3.8) is 0 Å². The first-order chi connectivity index (χ1) is 17.5. The summed E-state index contributed by atoms with van der Waals surface area (Å²) in [7, 11) is 3.38. The third kappa shape index (κ3) is 4.33. The molecule has 1 amide bonds. The number of rotatable bonds is 7. The van der Waals surface area contributed by atoms with Crippen molar-refractivity contribution >= 4 is 34.3 Å². The van der Waals surface area contributed by atoms with E-state index in [0.717, 1.165) is 5.56 Å². The fraction of sp³-hybridized carbons (Fsp3) is 0.185. The molecule has 0 aliphatic rings. The van der Waals surface area contributed by atoms with Gasteiger partial charge >= 0.3 is 0 Å². The number of fused-ring (bicyclic) bond motifs is 3. The molecule has 1 atom stereocenters. The lowest BCUT2D eigenvalue weighted by atomic mass is 10.2. The van der Waals surface area contributed by atoms with Gasteiger partial charge in [0.05, 0.1) is 29.0 Å². The van der Waals surface area contributed by atoms with Crippen LogP contribution in [0.3, 0.4) is 0 Å². The molecule has 0 saturated carbocycles. The molecule has 1 unspecified atom stereocenters. The number of aromatic nitrogens is 4. The second-order valence-corrected chi connectivity index (χ2v) is 9.73. The highest BCUT2D eigenvalue weighted by Crippen LogP contribution is 2.27. The molecule has 0 radical (unpaired) electrons. The van der Waals surface area contributed by atoms with Gasteiger partial charge in [-0.05, 0) is 36.8 Å². The molecule has 2 aromatic heterocycles. The molecule has 0 spiro atoms. The molecule has 182 valence electrons. The van der Waals surface area contributed by atoms with Gasteiger partial charge in [-0.25, -0.2) is 4.57 Å². The number of carbonyl (C=O) groups excluding carboxylic acids is 1. The third-order valence-electron chi connectivity index (χ3n) is 5.97. The van der Waals surface area contributed by atoms with Crippen LogP contribution in [0.1, 0.15) is 12.5 Å². The molecule has 8 nitrogen and oxygen atoms in total. The van der Waals surface area contributed by atoms with Gasteiger partial charge in [-0.2, -0.15) is 0 Å². The summed E-state index contributed by atoms with van der Waals surface area (Å²) < 4.78 is 8.72. The van der Waals surface area contributed by atoms with Crippen LogP contribution in [-0.4, -0.2) is 49.4 Å². The molecular formula is C27H25N5O3S. The fourth-order valence-electron chi connectivity index (χ4n) is 4.19. The number of thioether (sulfide) groups is 1. The van der Waals surface area contributed by atoms with E-state index in [0.29, 0.717) is 39.8 Å². The van der Waals surface area contributed by atoms with Crippen LogP contribution in [0.4, 0.5) is 0 Å². The van der Waals surface area contributed by atoms with Gasteiger partial charge in [0.2, 0.25) is 11.7 Å². The van der Waals surface area contributed by atoms with Crippen LogP contribution in [0.25, 0.3) is 22.4 Å².